The largest absolute Gasteiger partial charge is 0.493 e. The number of hydrogen-bond donors (Lipinski definition) is 0. The average Bonchev–Trinajstić information content (AvgIpc) is 2.98. The van der Waals surface area contributed by atoms with E-state index in [-0.39, 0.29) is 0 Å². The summed E-state index contributed by atoms with van der Waals surface area (Å²) < 4.78 is 9.42. The van der Waals surface area contributed by atoms with Gasteiger partial charge in [0.25, 0.3) is 0 Å². The maximum absolute atomic E-state index is 5.82. The van der Waals surface area contributed by atoms with Gasteiger partial charge < -0.3 is 4.74 Å². The lowest BCUT2D eigenvalue weighted by Crippen LogP contribution is -2.00. The van der Waals surface area contributed by atoms with Gasteiger partial charge in [0, 0.05) is 5.75 Å². The zero-order chi connectivity index (χ0) is 16.8. The molecule has 3 aromatic rings. The van der Waals surface area contributed by atoms with Gasteiger partial charge in [0.05, 0.1) is 12.3 Å². The van der Waals surface area contributed by atoms with Crippen LogP contribution in [0.3, 0.4) is 0 Å². The highest BCUT2D eigenvalue weighted by Crippen LogP contribution is 2.25. The van der Waals surface area contributed by atoms with E-state index in [1.807, 2.05) is 53.2 Å². The fourth-order valence-corrected chi connectivity index (χ4v) is 4.51. The first-order valence-corrected chi connectivity index (χ1v) is 9.92. The summed E-state index contributed by atoms with van der Waals surface area (Å²) in [7, 11) is 0. The Labute approximate surface area is 155 Å². The number of ether oxygens (including phenoxy) is 1. The number of thioether (sulfide) groups is 1. The van der Waals surface area contributed by atoms with E-state index in [1.165, 1.54) is 5.56 Å². The summed E-state index contributed by atoms with van der Waals surface area (Å²) >= 11 is 8.70. The van der Waals surface area contributed by atoms with Crippen LogP contribution in [0.1, 0.15) is 12.0 Å². The molecule has 24 heavy (non-hydrogen) atoms. The Morgan fingerprint density at radius 2 is 1.88 bits per heavy atom. The van der Waals surface area contributed by atoms with Crippen LogP contribution in [-0.4, -0.2) is 22.1 Å². The van der Waals surface area contributed by atoms with Crippen molar-refractivity contribution in [1.29, 1.82) is 0 Å². The molecule has 0 aliphatic carbocycles. The highest BCUT2D eigenvalue weighted by Gasteiger charge is 2.06. The number of aromatic nitrogens is 2. The van der Waals surface area contributed by atoms with Crippen LogP contribution in [0.25, 0.3) is 5.69 Å². The molecule has 2 aromatic carbocycles. The number of aryl methyl sites for hydroxylation is 1. The van der Waals surface area contributed by atoms with Crippen molar-refractivity contribution in [3.05, 3.63) is 64.1 Å². The fourth-order valence-electron chi connectivity index (χ4n) is 2.17. The minimum absolute atomic E-state index is 0.711. The molecule has 0 atom stereocenters. The third kappa shape index (κ3) is 4.47. The molecular weight excluding hydrogens is 356 g/mol. The van der Waals surface area contributed by atoms with Crippen LogP contribution in [0, 0.1) is 10.9 Å². The smallest absolute Gasteiger partial charge is 0.184 e. The molecule has 0 saturated carbocycles. The molecule has 124 valence electrons. The molecule has 1 aromatic heterocycles. The minimum atomic E-state index is 0.711. The Morgan fingerprint density at radius 1 is 1.12 bits per heavy atom. The van der Waals surface area contributed by atoms with Crippen molar-refractivity contribution in [2.75, 3.05) is 12.4 Å². The van der Waals surface area contributed by atoms with Gasteiger partial charge in [-0.2, -0.15) is 0 Å². The summed E-state index contributed by atoms with van der Waals surface area (Å²) in [5, 5.41) is 4.60. The molecular formula is C18H18N2OS3. The second kappa shape index (κ2) is 8.46. The standard InChI is InChI=1S/C18H18N2OS3/c1-14-8-5-6-11-16(14)21-12-7-13-23-17-19-20(18(22)24-17)15-9-3-2-4-10-15/h2-6,8-11H,7,12-13H2,1H3. The maximum atomic E-state index is 5.82. The predicted octanol–water partition coefficient (Wildman–Crippen LogP) is 5.53. The first-order valence-electron chi connectivity index (χ1n) is 7.71. The Balaban J connectivity index is 1.49. The Kier molecular flexibility index (Phi) is 6.07. The summed E-state index contributed by atoms with van der Waals surface area (Å²) in [5.41, 5.74) is 2.18. The van der Waals surface area contributed by atoms with Gasteiger partial charge in [-0.15, -0.1) is 5.10 Å². The summed E-state index contributed by atoms with van der Waals surface area (Å²) in [6, 6.07) is 18.1. The van der Waals surface area contributed by atoms with Gasteiger partial charge in [0.2, 0.25) is 0 Å². The van der Waals surface area contributed by atoms with Crippen molar-refractivity contribution in [3.8, 4) is 11.4 Å². The Bertz CT molecular complexity index is 843. The van der Waals surface area contributed by atoms with Crippen LogP contribution >= 0.6 is 35.3 Å². The summed E-state index contributed by atoms with van der Waals surface area (Å²) in [4.78, 5) is 0. The van der Waals surface area contributed by atoms with Crippen molar-refractivity contribution < 1.29 is 4.74 Å². The Hall–Kier alpha value is -1.63. The van der Waals surface area contributed by atoms with Gasteiger partial charge in [0.15, 0.2) is 8.29 Å². The lowest BCUT2D eigenvalue weighted by atomic mass is 10.2. The van der Waals surface area contributed by atoms with Gasteiger partial charge >= 0.3 is 0 Å². The van der Waals surface area contributed by atoms with Crippen LogP contribution in [0.2, 0.25) is 0 Å². The zero-order valence-corrected chi connectivity index (χ0v) is 15.8. The molecule has 0 unspecified atom stereocenters. The van der Waals surface area contributed by atoms with Crippen LogP contribution in [0.5, 0.6) is 5.75 Å². The monoisotopic (exact) mass is 374 g/mol. The molecule has 0 aliphatic heterocycles. The number of rotatable bonds is 7. The van der Waals surface area contributed by atoms with E-state index in [0.29, 0.717) is 6.61 Å². The summed E-state index contributed by atoms with van der Waals surface area (Å²) in [5.74, 6) is 1.93. The third-order valence-electron chi connectivity index (χ3n) is 3.40. The van der Waals surface area contributed by atoms with Crippen LogP contribution in [0.4, 0.5) is 0 Å². The van der Waals surface area contributed by atoms with Gasteiger partial charge in [-0.3, -0.25) is 0 Å². The highest BCUT2D eigenvalue weighted by atomic mass is 32.2. The van der Waals surface area contributed by atoms with Crippen molar-refractivity contribution in [1.82, 2.24) is 9.78 Å². The fraction of sp³-hybridized carbons (Fsp3) is 0.222. The molecule has 3 rings (SSSR count). The molecule has 0 bridgehead atoms. The quantitative estimate of drug-likeness (QED) is 0.308. The summed E-state index contributed by atoms with van der Waals surface area (Å²) in [6.45, 7) is 2.77. The van der Waals surface area contributed by atoms with Crippen LogP contribution in [-0.2, 0) is 0 Å². The molecule has 6 heteroatoms. The van der Waals surface area contributed by atoms with Crippen LogP contribution in [0.15, 0.2) is 58.9 Å². The van der Waals surface area contributed by atoms with E-state index in [4.69, 9.17) is 17.0 Å². The third-order valence-corrected chi connectivity index (χ3v) is 5.85. The Morgan fingerprint density at radius 3 is 2.67 bits per heavy atom. The van der Waals surface area contributed by atoms with Gasteiger partial charge in [-0.25, -0.2) is 4.68 Å². The zero-order valence-electron chi connectivity index (χ0n) is 13.3. The number of benzene rings is 2. The normalized spacial score (nSPS) is 10.7. The predicted molar refractivity (Wildman–Crippen MR) is 104 cm³/mol. The molecule has 0 spiro atoms. The molecule has 0 saturated heterocycles. The molecule has 0 radical (unpaired) electrons. The number of nitrogens with zero attached hydrogens (tertiary/aromatic N) is 2. The highest BCUT2D eigenvalue weighted by molar-refractivity contribution is 8.01. The molecule has 0 N–H and O–H groups in total. The second-order valence-corrected chi connectivity index (χ2v) is 8.16. The lowest BCUT2D eigenvalue weighted by Gasteiger charge is -2.07. The average molecular weight is 375 g/mol. The minimum Gasteiger partial charge on any atom is -0.493 e. The van der Waals surface area contributed by atoms with Crippen molar-refractivity contribution in [3.63, 3.8) is 0 Å². The van der Waals surface area contributed by atoms with Gasteiger partial charge in [-0.05, 0) is 49.3 Å². The van der Waals surface area contributed by atoms with Crippen molar-refractivity contribution in [2.45, 2.75) is 17.7 Å². The lowest BCUT2D eigenvalue weighted by molar-refractivity contribution is 0.316. The van der Waals surface area contributed by atoms with Gasteiger partial charge in [-0.1, -0.05) is 59.5 Å². The van der Waals surface area contributed by atoms with E-state index < -0.39 is 0 Å². The van der Waals surface area contributed by atoms with E-state index in [9.17, 15) is 0 Å². The van der Waals surface area contributed by atoms with Crippen molar-refractivity contribution >= 4 is 35.3 Å². The van der Waals surface area contributed by atoms with Crippen molar-refractivity contribution in [2.24, 2.45) is 0 Å². The molecule has 0 fully saturated rings. The number of hydrogen-bond acceptors (Lipinski definition) is 5. The first-order chi connectivity index (χ1) is 11.7. The van der Waals surface area contributed by atoms with E-state index in [2.05, 4.69) is 18.1 Å². The topological polar surface area (TPSA) is 27.1 Å². The first kappa shape index (κ1) is 17.2. The molecule has 1 heterocycles. The molecule has 0 aliphatic rings. The second-order valence-electron chi connectivity index (χ2n) is 5.20. The van der Waals surface area contributed by atoms with Crippen LogP contribution < -0.4 is 4.74 Å². The van der Waals surface area contributed by atoms with Gasteiger partial charge in [0.1, 0.15) is 5.75 Å². The maximum Gasteiger partial charge on any atom is 0.184 e. The molecule has 0 amide bonds. The van der Waals surface area contributed by atoms with E-state index in [0.717, 1.165) is 31.9 Å². The summed E-state index contributed by atoms with van der Waals surface area (Å²) in [6.07, 6.45) is 0.969. The number of para-hydroxylation sites is 2. The van der Waals surface area contributed by atoms with E-state index >= 15 is 0 Å². The molecule has 3 nitrogen and oxygen atoms in total. The van der Waals surface area contributed by atoms with E-state index in [1.54, 1.807) is 23.1 Å². The SMILES string of the molecule is Cc1ccccc1OCCCSc1nn(-c2ccccc2)c(=S)s1.